The number of halogens is 4. The lowest BCUT2D eigenvalue weighted by Crippen LogP contribution is -1.98. The zero-order valence-electron chi connectivity index (χ0n) is 22.6. The van der Waals surface area contributed by atoms with E-state index in [1.807, 2.05) is 12.1 Å². The summed E-state index contributed by atoms with van der Waals surface area (Å²) in [5.41, 5.74) is -5.72. The largest absolute Gasteiger partial charge is 0.206 e. The molecule has 0 aliphatic heterocycles. The van der Waals surface area contributed by atoms with E-state index in [-0.39, 0.29) is 55.7 Å². The first kappa shape index (κ1) is 29.7. The fourth-order valence-corrected chi connectivity index (χ4v) is 5.43. The lowest BCUT2D eigenvalue weighted by molar-refractivity contribution is 0.578. The van der Waals surface area contributed by atoms with Crippen LogP contribution in [0.5, 0.6) is 0 Å². The molecular weight excluding hydrogens is 596 g/mol. The summed E-state index contributed by atoms with van der Waals surface area (Å²) in [4.78, 5) is 0. The van der Waals surface area contributed by atoms with Gasteiger partial charge in [-0.25, -0.2) is 17.6 Å². The second kappa shape index (κ2) is 11.2. The number of hydrogen-bond donors (Lipinski definition) is 0. The van der Waals surface area contributed by atoms with Crippen molar-refractivity contribution in [2.45, 2.75) is 0 Å². The summed E-state index contributed by atoms with van der Waals surface area (Å²) in [7, 11) is 0. The Morgan fingerprint density at radius 2 is 0.739 bits per heavy atom. The van der Waals surface area contributed by atoms with Gasteiger partial charge in [-0.2, -0.15) is 42.1 Å². The monoisotopic (exact) mass is 602 g/mol. The van der Waals surface area contributed by atoms with Gasteiger partial charge in [-0.3, -0.25) is 0 Å². The standard InChI is InChI=1S/C34H6F4N8/c35-27-5-29(37)23(1-15(27)7-39)33-25(13-45)19-3-22-20(4-21(19)31(33)17(9-41)10-42)26(14-46)34(32(22)18(11-43)12-44)24-2-16(8-40)28(36)6-30(24)38/h1-6H. The van der Waals surface area contributed by atoms with Crippen molar-refractivity contribution in [3.05, 3.63) is 115 Å². The maximum Gasteiger partial charge on any atom is 0.143 e. The topological polar surface area (TPSA) is 190 Å². The van der Waals surface area contributed by atoms with E-state index in [1.165, 1.54) is 12.1 Å². The van der Waals surface area contributed by atoms with Crippen LogP contribution in [0, 0.1) is 114 Å². The molecule has 0 radical (unpaired) electrons. The molecule has 0 heterocycles. The van der Waals surface area contributed by atoms with Gasteiger partial charge in [-0.15, -0.1) is 0 Å². The first-order valence-corrected chi connectivity index (χ1v) is 12.5. The van der Waals surface area contributed by atoms with Gasteiger partial charge >= 0.3 is 0 Å². The number of hydrogen-bond acceptors (Lipinski definition) is 8. The Labute approximate surface area is 256 Å². The minimum Gasteiger partial charge on any atom is -0.206 e. The van der Waals surface area contributed by atoms with Crippen molar-refractivity contribution in [1.29, 1.82) is 42.1 Å². The van der Waals surface area contributed by atoms with Gasteiger partial charge in [0.2, 0.25) is 0 Å². The van der Waals surface area contributed by atoms with Crippen LogP contribution in [-0.4, -0.2) is 0 Å². The van der Waals surface area contributed by atoms with E-state index in [1.54, 1.807) is 36.4 Å². The van der Waals surface area contributed by atoms with E-state index in [0.717, 1.165) is 12.1 Å². The molecule has 0 fully saturated rings. The summed E-state index contributed by atoms with van der Waals surface area (Å²) in [5.74, 6) is -4.88. The van der Waals surface area contributed by atoms with Crippen LogP contribution in [0.15, 0.2) is 47.5 Å². The van der Waals surface area contributed by atoms with Gasteiger partial charge in [-0.1, -0.05) is 0 Å². The molecule has 0 amide bonds. The van der Waals surface area contributed by atoms with E-state index < -0.39 is 56.7 Å². The average Bonchev–Trinajstić information content (AvgIpc) is 3.53. The summed E-state index contributed by atoms with van der Waals surface area (Å²) in [5, 5.41) is 78.6. The molecule has 5 rings (SSSR count). The van der Waals surface area contributed by atoms with E-state index in [0.29, 0.717) is 12.1 Å². The molecule has 0 spiro atoms. The highest BCUT2D eigenvalue weighted by Crippen LogP contribution is 2.55. The molecular formula is C34H6F4N8. The summed E-state index contributed by atoms with van der Waals surface area (Å²) in [6, 6.07) is 18.3. The Balaban J connectivity index is 1.97. The van der Waals surface area contributed by atoms with Crippen molar-refractivity contribution in [1.82, 2.24) is 0 Å². The maximum absolute atomic E-state index is 15.3. The number of allylic oxidation sites excluding steroid dienone is 8. The van der Waals surface area contributed by atoms with Gasteiger partial charge in [0.1, 0.15) is 83.0 Å². The Morgan fingerprint density at radius 1 is 0.391 bits per heavy atom. The van der Waals surface area contributed by atoms with Gasteiger partial charge in [0, 0.05) is 56.7 Å². The molecule has 0 atom stereocenters. The van der Waals surface area contributed by atoms with Crippen molar-refractivity contribution in [3.8, 4) is 48.6 Å². The smallest absolute Gasteiger partial charge is 0.143 e. The molecule has 0 saturated heterocycles. The third kappa shape index (κ3) is 4.15. The first-order chi connectivity index (χ1) is 22.1. The first-order valence-electron chi connectivity index (χ1n) is 12.5. The molecule has 210 valence electrons. The van der Waals surface area contributed by atoms with Crippen molar-refractivity contribution in [2.75, 3.05) is 0 Å². The van der Waals surface area contributed by atoms with Crippen molar-refractivity contribution in [3.63, 3.8) is 0 Å². The molecule has 0 bridgehead atoms. The molecule has 3 aromatic carbocycles. The molecule has 2 aliphatic rings. The highest BCUT2D eigenvalue weighted by atomic mass is 19.1. The van der Waals surface area contributed by atoms with Gasteiger partial charge < -0.3 is 0 Å². The number of benzene rings is 3. The lowest BCUT2D eigenvalue weighted by Gasteiger charge is -2.12. The van der Waals surface area contributed by atoms with Crippen LogP contribution in [0.3, 0.4) is 0 Å². The van der Waals surface area contributed by atoms with Crippen LogP contribution in [0.25, 0.3) is 33.4 Å². The highest BCUT2D eigenvalue weighted by Gasteiger charge is 2.38. The predicted molar refractivity (Wildman–Crippen MR) is 150 cm³/mol. The van der Waals surface area contributed by atoms with E-state index >= 15 is 8.78 Å². The van der Waals surface area contributed by atoms with Gasteiger partial charge in [0.05, 0.1) is 22.3 Å². The number of fused-ring (bicyclic) bond motifs is 2. The zero-order chi connectivity index (χ0) is 33.4. The molecule has 3 aromatic rings. The van der Waals surface area contributed by atoms with Crippen LogP contribution in [0.2, 0.25) is 0 Å². The molecule has 0 aromatic heterocycles. The van der Waals surface area contributed by atoms with E-state index in [9.17, 15) is 50.9 Å². The summed E-state index contributed by atoms with van der Waals surface area (Å²) in [6.45, 7) is 0. The number of nitrogens with zero attached hydrogens (tertiary/aromatic N) is 8. The highest BCUT2D eigenvalue weighted by molar-refractivity contribution is 6.30. The van der Waals surface area contributed by atoms with Crippen LogP contribution < -0.4 is 0 Å². The molecule has 8 nitrogen and oxygen atoms in total. The molecule has 0 N–H and O–H groups in total. The van der Waals surface area contributed by atoms with Crippen molar-refractivity contribution >= 4 is 33.4 Å². The van der Waals surface area contributed by atoms with Crippen LogP contribution in [0.4, 0.5) is 17.6 Å². The summed E-state index contributed by atoms with van der Waals surface area (Å²) >= 11 is 0. The average molecular weight is 602 g/mol. The van der Waals surface area contributed by atoms with Gasteiger partial charge in [0.25, 0.3) is 0 Å². The second-order valence-electron chi connectivity index (χ2n) is 9.46. The quantitative estimate of drug-likeness (QED) is 0.235. The lowest BCUT2D eigenvalue weighted by atomic mass is 9.89. The van der Waals surface area contributed by atoms with Gasteiger partial charge in [-0.05, 0) is 35.4 Å². The van der Waals surface area contributed by atoms with Gasteiger partial charge in [0.15, 0.2) is 0 Å². The third-order valence-corrected chi connectivity index (χ3v) is 7.30. The predicted octanol–water partition coefficient (Wildman–Crippen LogP) is 6.48. The Morgan fingerprint density at radius 3 is 1.02 bits per heavy atom. The summed E-state index contributed by atoms with van der Waals surface area (Å²) < 4.78 is 59.0. The minimum atomic E-state index is -1.23. The molecule has 2 aliphatic carbocycles. The molecule has 0 unspecified atom stereocenters. The third-order valence-electron chi connectivity index (χ3n) is 7.30. The van der Waals surface area contributed by atoms with Crippen molar-refractivity contribution in [2.24, 2.45) is 0 Å². The van der Waals surface area contributed by atoms with Crippen LogP contribution in [-0.2, 0) is 0 Å². The molecule has 12 heteroatoms. The number of rotatable bonds is 2. The zero-order valence-corrected chi connectivity index (χ0v) is 22.6. The Kier molecular flexibility index (Phi) is 7.21. The maximum atomic E-state index is 15.3. The van der Waals surface area contributed by atoms with Crippen molar-refractivity contribution < 1.29 is 17.6 Å². The second-order valence-corrected chi connectivity index (χ2v) is 9.46. The Bertz CT molecular complexity index is 2290. The van der Waals surface area contributed by atoms with E-state index in [4.69, 9.17) is 0 Å². The minimum absolute atomic E-state index is 0.0632. The fraction of sp³-hybridized carbons (Fsp3) is 0. The summed E-state index contributed by atoms with van der Waals surface area (Å²) in [6.07, 6.45) is 0. The molecule has 0 saturated carbocycles. The van der Waals surface area contributed by atoms with Crippen LogP contribution >= 0.6 is 0 Å². The molecule has 46 heavy (non-hydrogen) atoms. The van der Waals surface area contributed by atoms with Crippen LogP contribution in [0.1, 0.15) is 44.5 Å². The normalized spacial score (nSPS) is 12.3. The van der Waals surface area contributed by atoms with E-state index in [2.05, 4.69) is 0 Å². The SMILES string of the molecule is N#CC(C#N)=C1C(c2cc(C#N)c(F)cc2F)=C(C#N)c2cc3c(cc21)C(C#N)=C(c1cc(C#N)c(F)cc1F)C3=C(C#N)C#N. The fourth-order valence-electron chi connectivity index (χ4n) is 5.43. The number of nitriles is 8. The Hall–Kier alpha value is -7.74.